The molecular weight excluding hydrogens is 360 g/mol. The maximum absolute atomic E-state index is 12.2. The number of carbonyl (C=O) groups excluding carboxylic acids is 1. The van der Waals surface area contributed by atoms with E-state index in [0.29, 0.717) is 30.8 Å². The van der Waals surface area contributed by atoms with Crippen LogP contribution >= 0.6 is 12.4 Å². The molecule has 1 amide bonds. The van der Waals surface area contributed by atoms with E-state index in [1.807, 2.05) is 0 Å². The van der Waals surface area contributed by atoms with Gasteiger partial charge in [-0.15, -0.1) is 12.4 Å². The lowest BCUT2D eigenvalue weighted by Crippen LogP contribution is -2.39. The summed E-state index contributed by atoms with van der Waals surface area (Å²) in [6.07, 6.45) is 6.40. The first-order valence-electron chi connectivity index (χ1n) is 8.72. The van der Waals surface area contributed by atoms with Gasteiger partial charge in [-0.05, 0) is 43.4 Å². The minimum Gasteiger partial charge on any atom is -0.356 e. The van der Waals surface area contributed by atoms with Gasteiger partial charge >= 0.3 is 0 Å². The minimum atomic E-state index is -3.27. The molecule has 1 fully saturated rings. The molecule has 1 aliphatic rings. The topological polar surface area (TPSA) is 89.3 Å². The van der Waals surface area contributed by atoms with Gasteiger partial charge in [0.1, 0.15) is 0 Å². The summed E-state index contributed by atoms with van der Waals surface area (Å²) in [4.78, 5) is 12.5. The summed E-state index contributed by atoms with van der Waals surface area (Å²) < 4.78 is 24.3. The quantitative estimate of drug-likeness (QED) is 0.670. The third kappa shape index (κ3) is 6.60. The molecule has 0 atom stereocenters. The van der Waals surface area contributed by atoms with Crippen molar-refractivity contribution in [2.75, 3.05) is 18.8 Å². The fraction of sp³-hybridized carbons (Fsp3) is 0.611. The van der Waals surface area contributed by atoms with Crippen molar-refractivity contribution < 1.29 is 13.2 Å². The molecule has 0 bridgehead atoms. The third-order valence-electron chi connectivity index (χ3n) is 4.90. The zero-order chi connectivity index (χ0) is 17.5. The Labute approximate surface area is 157 Å². The Bertz CT molecular complexity index is 629. The number of carbonyl (C=O) groups is 1. The number of hydrogen-bond donors (Lipinski definition) is 2. The standard InChI is InChI=1S/C18H28N2O3S.ClH/c19-15-18(10-5-2-6-11-18)14-17(21)20-12-7-13-24(22,23)16-8-3-1-4-9-16;/h1,3-4,8-9H,2,5-7,10-15,19H2,(H,20,21);1H. The third-order valence-corrected chi connectivity index (χ3v) is 6.71. The zero-order valence-corrected chi connectivity index (χ0v) is 16.2. The number of amides is 1. The molecule has 1 saturated carbocycles. The van der Waals surface area contributed by atoms with Crippen LogP contribution in [-0.4, -0.2) is 33.2 Å². The normalized spacial score (nSPS) is 16.7. The SMILES string of the molecule is Cl.NCC1(CC(=O)NCCCS(=O)(=O)c2ccccc2)CCCCC1. The molecule has 5 nitrogen and oxygen atoms in total. The van der Waals surface area contributed by atoms with Gasteiger partial charge in [-0.25, -0.2) is 8.42 Å². The minimum absolute atomic E-state index is 0. The van der Waals surface area contributed by atoms with E-state index in [0.717, 1.165) is 25.7 Å². The number of nitrogens with one attached hydrogen (secondary N) is 1. The average Bonchev–Trinajstić information content (AvgIpc) is 2.60. The molecule has 0 unspecified atom stereocenters. The predicted molar refractivity (Wildman–Crippen MR) is 103 cm³/mol. The number of benzene rings is 1. The molecule has 2 rings (SSSR count). The zero-order valence-electron chi connectivity index (χ0n) is 14.6. The molecule has 142 valence electrons. The van der Waals surface area contributed by atoms with E-state index in [1.54, 1.807) is 30.3 Å². The summed E-state index contributed by atoms with van der Waals surface area (Å²) in [6.45, 7) is 0.925. The van der Waals surface area contributed by atoms with E-state index >= 15 is 0 Å². The van der Waals surface area contributed by atoms with Gasteiger partial charge in [-0.2, -0.15) is 0 Å². The fourth-order valence-electron chi connectivity index (χ4n) is 3.39. The second-order valence-corrected chi connectivity index (χ2v) is 8.89. The first-order valence-corrected chi connectivity index (χ1v) is 10.4. The van der Waals surface area contributed by atoms with E-state index in [2.05, 4.69) is 5.32 Å². The van der Waals surface area contributed by atoms with Crippen molar-refractivity contribution in [3.63, 3.8) is 0 Å². The highest BCUT2D eigenvalue weighted by molar-refractivity contribution is 7.91. The van der Waals surface area contributed by atoms with E-state index in [1.165, 1.54) is 6.42 Å². The average molecular weight is 389 g/mol. The second kappa shape index (κ2) is 10.1. The van der Waals surface area contributed by atoms with E-state index in [4.69, 9.17) is 5.73 Å². The highest BCUT2D eigenvalue weighted by Crippen LogP contribution is 2.38. The van der Waals surface area contributed by atoms with E-state index in [-0.39, 0.29) is 29.5 Å². The van der Waals surface area contributed by atoms with Crippen LogP contribution in [-0.2, 0) is 14.6 Å². The van der Waals surface area contributed by atoms with Gasteiger partial charge < -0.3 is 11.1 Å². The number of hydrogen-bond acceptors (Lipinski definition) is 4. The van der Waals surface area contributed by atoms with Crippen LogP contribution in [0.15, 0.2) is 35.2 Å². The van der Waals surface area contributed by atoms with Crippen LogP contribution in [0.5, 0.6) is 0 Å². The van der Waals surface area contributed by atoms with Gasteiger partial charge in [0.15, 0.2) is 9.84 Å². The van der Waals surface area contributed by atoms with Crippen molar-refractivity contribution >= 4 is 28.2 Å². The Kier molecular flexibility index (Phi) is 8.89. The molecule has 0 spiro atoms. The van der Waals surface area contributed by atoms with Crippen LogP contribution in [0.2, 0.25) is 0 Å². The van der Waals surface area contributed by atoms with E-state index < -0.39 is 9.84 Å². The Morgan fingerprint density at radius 3 is 2.36 bits per heavy atom. The van der Waals surface area contributed by atoms with Gasteiger partial charge in [0.25, 0.3) is 0 Å². The van der Waals surface area contributed by atoms with Crippen LogP contribution in [0.4, 0.5) is 0 Å². The predicted octanol–water partition coefficient (Wildman–Crippen LogP) is 2.69. The Morgan fingerprint density at radius 2 is 1.76 bits per heavy atom. The van der Waals surface area contributed by atoms with E-state index in [9.17, 15) is 13.2 Å². The first kappa shape index (κ1) is 21.9. The molecule has 1 aliphatic carbocycles. The maximum Gasteiger partial charge on any atom is 0.220 e. The summed E-state index contributed by atoms with van der Waals surface area (Å²) in [6, 6.07) is 8.41. The molecule has 0 radical (unpaired) electrons. The number of rotatable bonds is 8. The molecule has 25 heavy (non-hydrogen) atoms. The number of halogens is 1. The molecule has 1 aromatic carbocycles. The maximum atomic E-state index is 12.2. The molecule has 0 aliphatic heterocycles. The summed E-state index contributed by atoms with van der Waals surface area (Å²) in [7, 11) is -3.27. The molecule has 7 heteroatoms. The van der Waals surface area contributed by atoms with Crippen molar-refractivity contribution in [2.24, 2.45) is 11.1 Å². The summed E-state index contributed by atoms with van der Waals surface area (Å²) in [5, 5.41) is 2.85. The molecule has 1 aromatic rings. The summed E-state index contributed by atoms with van der Waals surface area (Å²) in [5.74, 6) is 0.0266. The smallest absolute Gasteiger partial charge is 0.220 e. The second-order valence-electron chi connectivity index (χ2n) is 6.78. The van der Waals surface area contributed by atoms with Gasteiger partial charge in [0.2, 0.25) is 5.91 Å². The van der Waals surface area contributed by atoms with Gasteiger partial charge in [-0.3, -0.25) is 4.79 Å². The molecule has 0 saturated heterocycles. The van der Waals surface area contributed by atoms with Crippen LogP contribution < -0.4 is 11.1 Å². The number of nitrogens with two attached hydrogens (primary N) is 1. The lowest BCUT2D eigenvalue weighted by molar-refractivity contribution is -0.123. The van der Waals surface area contributed by atoms with Crippen LogP contribution in [0, 0.1) is 5.41 Å². The van der Waals surface area contributed by atoms with Crippen molar-refractivity contribution in [1.29, 1.82) is 0 Å². The summed E-state index contributed by atoms with van der Waals surface area (Å²) >= 11 is 0. The van der Waals surface area contributed by atoms with Crippen molar-refractivity contribution in [3.05, 3.63) is 30.3 Å². The van der Waals surface area contributed by atoms with Gasteiger partial charge in [0.05, 0.1) is 10.6 Å². The van der Waals surface area contributed by atoms with Crippen LogP contribution in [0.3, 0.4) is 0 Å². The van der Waals surface area contributed by atoms with Gasteiger partial charge in [0, 0.05) is 13.0 Å². The molecular formula is C18H29ClN2O3S. The summed E-state index contributed by atoms with van der Waals surface area (Å²) in [5.41, 5.74) is 5.85. The van der Waals surface area contributed by atoms with Crippen molar-refractivity contribution in [1.82, 2.24) is 5.32 Å². The van der Waals surface area contributed by atoms with Crippen LogP contribution in [0.1, 0.15) is 44.9 Å². The Balaban J connectivity index is 0.00000312. The van der Waals surface area contributed by atoms with Crippen LogP contribution in [0.25, 0.3) is 0 Å². The Hall–Kier alpha value is -1.11. The fourth-order valence-corrected chi connectivity index (χ4v) is 4.73. The van der Waals surface area contributed by atoms with Crippen molar-refractivity contribution in [2.45, 2.75) is 49.8 Å². The highest BCUT2D eigenvalue weighted by atomic mass is 35.5. The molecule has 0 heterocycles. The van der Waals surface area contributed by atoms with Gasteiger partial charge in [-0.1, -0.05) is 37.5 Å². The monoisotopic (exact) mass is 388 g/mol. The Morgan fingerprint density at radius 1 is 1.12 bits per heavy atom. The molecule has 3 N–H and O–H groups in total. The highest BCUT2D eigenvalue weighted by Gasteiger charge is 2.32. The molecule has 0 aromatic heterocycles. The first-order chi connectivity index (χ1) is 11.5. The number of sulfone groups is 1. The lowest BCUT2D eigenvalue weighted by Gasteiger charge is -2.35. The lowest BCUT2D eigenvalue weighted by atomic mass is 9.71. The van der Waals surface area contributed by atoms with Crippen molar-refractivity contribution in [3.8, 4) is 0 Å². The largest absolute Gasteiger partial charge is 0.356 e.